The molecule has 0 spiro atoms. The molecule has 4 heteroatoms. The molecule has 30 heavy (non-hydrogen) atoms. The number of methoxy groups -OCH3 is 1. The van der Waals surface area contributed by atoms with Crippen LogP contribution < -0.4 is 15.9 Å². The third-order valence-corrected chi connectivity index (χ3v) is 8.88. The summed E-state index contributed by atoms with van der Waals surface area (Å²) in [4.78, 5) is 0. The molecule has 4 aromatic carbocycles. The van der Waals surface area contributed by atoms with Gasteiger partial charge in [0.05, 0.1) is 19.3 Å². The van der Waals surface area contributed by atoms with Gasteiger partial charge in [0.2, 0.25) is 0 Å². The lowest BCUT2D eigenvalue weighted by atomic mass is 10.2. The fourth-order valence-corrected chi connectivity index (χ4v) is 7.40. The minimum Gasteiger partial charge on any atom is -0.380 e. The number of rotatable bonds is 6. The van der Waals surface area contributed by atoms with Gasteiger partial charge in [0.15, 0.2) is 0 Å². The van der Waals surface area contributed by atoms with Crippen molar-refractivity contribution in [1.29, 1.82) is 0 Å². The summed E-state index contributed by atoms with van der Waals surface area (Å²) in [5.74, 6) is 0. The maximum Gasteiger partial charge on any atom is 0.0734 e. The summed E-state index contributed by atoms with van der Waals surface area (Å²) in [5, 5.41) is 4.31. The van der Waals surface area contributed by atoms with E-state index in [1.54, 1.807) is 7.11 Å². The van der Waals surface area contributed by atoms with Gasteiger partial charge >= 0.3 is 0 Å². The Hall–Kier alpha value is -2.64. The molecule has 0 atom stereocenters. The van der Waals surface area contributed by atoms with Gasteiger partial charge in [0.25, 0.3) is 0 Å². The molecule has 2 nitrogen and oxygen atoms in total. The maximum absolute atomic E-state index is 6.29. The normalized spacial score (nSPS) is 11.3. The van der Waals surface area contributed by atoms with Crippen LogP contribution in [0.5, 0.6) is 0 Å². The van der Waals surface area contributed by atoms with E-state index in [0.717, 1.165) is 11.3 Å². The molecular weight excluding hydrogens is 409 g/mol. The Balaban J connectivity index is 2.13. The zero-order chi connectivity index (χ0) is 20.8. The van der Waals surface area contributed by atoms with Gasteiger partial charge in [-0.3, -0.25) is 4.74 Å². The van der Waals surface area contributed by atoms with Gasteiger partial charge in [-0.15, -0.1) is 0 Å². The first-order valence-corrected chi connectivity index (χ1v) is 11.9. The van der Waals surface area contributed by atoms with E-state index in [1.165, 1.54) is 15.9 Å². The molecule has 0 N–H and O–H groups in total. The van der Waals surface area contributed by atoms with Gasteiger partial charge in [0, 0.05) is 33.6 Å². The average molecular weight is 432 g/mol. The van der Waals surface area contributed by atoms with Gasteiger partial charge < -0.3 is 4.74 Å². The highest BCUT2D eigenvalue weighted by Gasteiger charge is 2.27. The fraction of sp³-hybridized carbons (Fsp3) is 0.0769. The molecule has 0 saturated carbocycles. The van der Waals surface area contributed by atoms with Crippen LogP contribution in [0.15, 0.2) is 114 Å². The van der Waals surface area contributed by atoms with Crippen LogP contribution >= 0.6 is 18.7 Å². The minimum absolute atomic E-state index is 0.456. The van der Waals surface area contributed by atoms with Gasteiger partial charge in [-0.05, 0) is 18.2 Å². The van der Waals surface area contributed by atoms with Crippen LogP contribution in [-0.4, -0.2) is 7.11 Å². The summed E-state index contributed by atoms with van der Waals surface area (Å²) in [5.41, 5.74) is 1.89. The van der Waals surface area contributed by atoms with Crippen LogP contribution in [0.4, 0.5) is 5.69 Å². The van der Waals surface area contributed by atoms with E-state index < -0.39 is 7.05 Å². The highest BCUT2D eigenvalue weighted by atomic mass is 35.5. The molecule has 150 valence electrons. The molecule has 4 rings (SSSR count). The summed E-state index contributed by atoms with van der Waals surface area (Å²) in [6.07, 6.45) is 0. The number of halogens is 1. The van der Waals surface area contributed by atoms with Crippen molar-refractivity contribution < 1.29 is 4.74 Å². The number of nitrogens with zero attached hydrogens (tertiary/aromatic N) is 1. The largest absolute Gasteiger partial charge is 0.380 e. The van der Waals surface area contributed by atoms with Crippen molar-refractivity contribution in [3.8, 4) is 0 Å². The number of benzene rings is 4. The molecule has 0 unspecified atom stereocenters. The monoisotopic (exact) mass is 431 g/mol. The molecule has 0 aromatic heterocycles. The lowest BCUT2D eigenvalue weighted by Crippen LogP contribution is -2.25. The second-order valence-electron chi connectivity index (χ2n) is 6.95. The van der Waals surface area contributed by atoms with E-state index >= 15 is 0 Å². The third kappa shape index (κ3) is 4.13. The summed E-state index contributed by atoms with van der Waals surface area (Å²) in [7, 11) is -0.621. The van der Waals surface area contributed by atoms with Gasteiger partial charge in [-0.1, -0.05) is 103 Å². The first-order chi connectivity index (χ1) is 14.7. The Morgan fingerprint density at radius 2 is 1.17 bits per heavy atom. The van der Waals surface area contributed by atoms with Crippen LogP contribution in [0.1, 0.15) is 5.56 Å². The Kier molecular flexibility index (Phi) is 6.50. The fourth-order valence-electron chi connectivity index (χ4n) is 3.64. The highest BCUT2D eigenvalue weighted by Crippen LogP contribution is 2.49. The van der Waals surface area contributed by atoms with Crippen LogP contribution in [-0.2, 0) is 11.3 Å². The van der Waals surface area contributed by atoms with E-state index in [-0.39, 0.29) is 0 Å². The third-order valence-electron chi connectivity index (χ3n) is 4.99. The first kappa shape index (κ1) is 20.6. The van der Waals surface area contributed by atoms with Crippen LogP contribution in [0, 0.1) is 0 Å². The lowest BCUT2D eigenvalue weighted by molar-refractivity contribution is 0.185. The molecule has 0 amide bonds. The van der Waals surface area contributed by atoms with E-state index in [9.17, 15) is 0 Å². The number of hydrogen-bond donors (Lipinski definition) is 0. The Morgan fingerprint density at radius 3 is 1.60 bits per heavy atom. The molecule has 0 aliphatic carbocycles. The van der Waals surface area contributed by atoms with E-state index in [1.807, 2.05) is 36.4 Å². The van der Waals surface area contributed by atoms with Crippen LogP contribution in [0.2, 0.25) is 5.02 Å². The van der Waals surface area contributed by atoms with Crippen LogP contribution in [0.3, 0.4) is 0 Å². The Labute approximate surface area is 183 Å². The standard InChI is InChI=1S/C26H23ClNOP/c1-29-20-21-19-22(27)17-18-26(21)28-30(23-11-5-2-6-12-23,24-13-7-3-8-14-24)25-15-9-4-10-16-25/h2-19H,20H2,1H3. The zero-order valence-electron chi connectivity index (χ0n) is 16.8. The molecule has 4 aromatic rings. The molecule has 0 bridgehead atoms. The number of hydrogen-bond acceptors (Lipinski definition) is 2. The summed E-state index contributed by atoms with van der Waals surface area (Å²) in [6.45, 7) is 0.456. The van der Waals surface area contributed by atoms with Crippen molar-refractivity contribution in [2.45, 2.75) is 6.61 Å². The van der Waals surface area contributed by atoms with Gasteiger partial charge in [-0.2, -0.15) is 0 Å². The second-order valence-corrected chi connectivity index (χ2v) is 10.4. The van der Waals surface area contributed by atoms with Crippen LogP contribution in [0.25, 0.3) is 0 Å². The highest BCUT2D eigenvalue weighted by molar-refractivity contribution is 7.87. The molecule has 0 aliphatic heterocycles. The van der Waals surface area contributed by atoms with E-state index in [4.69, 9.17) is 21.1 Å². The topological polar surface area (TPSA) is 21.6 Å². The minimum atomic E-state index is -2.31. The Morgan fingerprint density at radius 1 is 0.700 bits per heavy atom. The van der Waals surface area contributed by atoms with Gasteiger partial charge in [-0.25, -0.2) is 0 Å². The maximum atomic E-state index is 6.29. The second kappa shape index (κ2) is 9.45. The van der Waals surface area contributed by atoms with Crippen molar-refractivity contribution >= 4 is 40.3 Å². The summed E-state index contributed by atoms with van der Waals surface area (Å²) < 4.78 is 11.0. The molecule has 0 fully saturated rings. The smallest absolute Gasteiger partial charge is 0.0734 e. The van der Waals surface area contributed by atoms with Crippen molar-refractivity contribution in [3.63, 3.8) is 0 Å². The summed E-state index contributed by atoms with van der Waals surface area (Å²) in [6, 6.07) is 37.6. The molecule has 0 radical (unpaired) electrons. The Bertz CT molecular complexity index is 1060. The van der Waals surface area contributed by atoms with Crippen molar-refractivity contribution in [3.05, 3.63) is 120 Å². The first-order valence-electron chi connectivity index (χ1n) is 9.80. The summed E-state index contributed by atoms with van der Waals surface area (Å²) >= 11 is 6.29. The van der Waals surface area contributed by atoms with Crippen molar-refractivity contribution in [2.75, 3.05) is 7.11 Å². The quantitative estimate of drug-likeness (QED) is 0.328. The molecule has 0 heterocycles. The zero-order valence-corrected chi connectivity index (χ0v) is 18.4. The van der Waals surface area contributed by atoms with E-state index in [0.29, 0.717) is 11.6 Å². The van der Waals surface area contributed by atoms with E-state index in [2.05, 4.69) is 72.8 Å². The molecular formula is C26H23ClNOP. The van der Waals surface area contributed by atoms with Crippen molar-refractivity contribution in [1.82, 2.24) is 0 Å². The van der Waals surface area contributed by atoms with Crippen molar-refractivity contribution in [2.24, 2.45) is 4.74 Å². The molecule has 0 aliphatic rings. The molecule has 0 saturated heterocycles. The predicted octanol–water partition coefficient (Wildman–Crippen LogP) is 6.30. The SMILES string of the molecule is COCc1cc(Cl)ccc1N=P(c1ccccc1)(c1ccccc1)c1ccccc1. The average Bonchev–Trinajstić information content (AvgIpc) is 2.81. The number of ether oxygens (including phenoxy) is 1. The van der Waals surface area contributed by atoms with Gasteiger partial charge in [0.1, 0.15) is 0 Å². The predicted molar refractivity (Wildman–Crippen MR) is 129 cm³/mol. The lowest BCUT2D eigenvalue weighted by Gasteiger charge is -2.27.